The number of amides is 1. The van der Waals surface area contributed by atoms with Crippen molar-refractivity contribution in [3.63, 3.8) is 0 Å². The molecular weight excluding hydrogens is 496 g/mol. The highest BCUT2D eigenvalue weighted by Crippen LogP contribution is 2.40. The minimum Gasteiger partial charge on any atom is -0.495 e. The van der Waals surface area contributed by atoms with Crippen LogP contribution in [0.4, 0.5) is 5.13 Å². The molecule has 0 spiro atoms. The molecule has 1 atom stereocenters. The number of thiophene rings is 1. The van der Waals surface area contributed by atoms with Crippen LogP contribution in [-0.4, -0.2) is 81.5 Å². The van der Waals surface area contributed by atoms with Crippen LogP contribution in [0.3, 0.4) is 0 Å². The van der Waals surface area contributed by atoms with Gasteiger partial charge in [-0.15, -0.1) is 11.3 Å². The molecule has 34 heavy (non-hydrogen) atoms. The van der Waals surface area contributed by atoms with Crippen molar-refractivity contribution < 1.29 is 22.7 Å². The van der Waals surface area contributed by atoms with E-state index in [1.807, 2.05) is 12.1 Å². The molecule has 1 unspecified atom stereocenters. The number of hydrogen-bond donors (Lipinski definition) is 0. The zero-order valence-corrected chi connectivity index (χ0v) is 21.4. The summed E-state index contributed by atoms with van der Waals surface area (Å²) in [6.45, 7) is 2.67. The molecule has 0 N–H and O–H groups in total. The highest BCUT2D eigenvalue weighted by Gasteiger charge is 2.42. The fourth-order valence-electron chi connectivity index (χ4n) is 4.54. The maximum absolute atomic E-state index is 13.3. The fraction of sp³-hybridized carbons (Fsp3) is 0.455. The number of sulfonamides is 1. The Bertz CT molecular complexity index is 1240. The number of ether oxygens (including phenoxy) is 2. The Morgan fingerprint density at radius 2 is 1.79 bits per heavy atom. The van der Waals surface area contributed by atoms with Crippen LogP contribution in [-0.2, 0) is 14.8 Å². The van der Waals surface area contributed by atoms with Crippen molar-refractivity contribution in [2.75, 3.05) is 51.8 Å². The molecule has 1 amide bonds. The fourth-order valence-corrected chi connectivity index (χ4v) is 8.44. The molecule has 2 fully saturated rings. The van der Waals surface area contributed by atoms with Gasteiger partial charge < -0.3 is 19.3 Å². The topological polar surface area (TPSA) is 92.3 Å². The van der Waals surface area contributed by atoms with E-state index in [1.54, 1.807) is 48.0 Å². The van der Waals surface area contributed by atoms with Crippen molar-refractivity contribution >= 4 is 54.0 Å². The molecule has 5 rings (SSSR count). The Morgan fingerprint density at radius 1 is 1.06 bits per heavy atom. The monoisotopic (exact) mass is 522 g/mol. The van der Waals surface area contributed by atoms with Crippen LogP contribution < -0.4 is 14.4 Å². The second-order valence-corrected chi connectivity index (χ2v) is 12.2. The van der Waals surface area contributed by atoms with E-state index in [2.05, 4.69) is 4.90 Å². The highest BCUT2D eigenvalue weighted by molar-refractivity contribution is 7.91. The number of aromatic nitrogens is 1. The first-order valence-electron chi connectivity index (χ1n) is 11.0. The first-order chi connectivity index (χ1) is 16.4. The molecule has 2 aliphatic heterocycles. The zero-order chi connectivity index (χ0) is 23.9. The Kier molecular flexibility index (Phi) is 6.40. The van der Waals surface area contributed by atoms with Crippen LogP contribution in [0.25, 0.3) is 10.2 Å². The van der Waals surface area contributed by atoms with E-state index >= 15 is 0 Å². The minimum absolute atomic E-state index is 0.107. The third-order valence-electron chi connectivity index (χ3n) is 6.31. The minimum atomic E-state index is -3.65. The molecule has 0 saturated carbocycles. The van der Waals surface area contributed by atoms with Crippen LogP contribution in [0.1, 0.15) is 12.8 Å². The quantitative estimate of drug-likeness (QED) is 0.492. The lowest BCUT2D eigenvalue weighted by Gasteiger charge is -2.37. The van der Waals surface area contributed by atoms with Crippen molar-refractivity contribution in [3.8, 4) is 11.5 Å². The van der Waals surface area contributed by atoms with Crippen molar-refractivity contribution in [2.24, 2.45) is 0 Å². The number of carbonyl (C=O) groups is 1. The van der Waals surface area contributed by atoms with Gasteiger partial charge in [-0.2, -0.15) is 4.31 Å². The summed E-state index contributed by atoms with van der Waals surface area (Å²) in [4.78, 5) is 22.1. The number of anilines is 1. The molecule has 2 saturated heterocycles. The maximum Gasteiger partial charge on any atom is 0.253 e. The van der Waals surface area contributed by atoms with Gasteiger partial charge in [-0.1, -0.05) is 17.4 Å². The summed E-state index contributed by atoms with van der Waals surface area (Å²) in [5.41, 5.74) is 0.765. The van der Waals surface area contributed by atoms with E-state index in [0.29, 0.717) is 55.5 Å². The Balaban J connectivity index is 1.29. The molecule has 3 aromatic rings. The first-order valence-corrected chi connectivity index (χ1v) is 14.2. The Morgan fingerprint density at radius 3 is 2.47 bits per heavy atom. The van der Waals surface area contributed by atoms with Crippen LogP contribution in [0, 0.1) is 0 Å². The van der Waals surface area contributed by atoms with Gasteiger partial charge in [-0.25, -0.2) is 13.4 Å². The summed E-state index contributed by atoms with van der Waals surface area (Å²) in [7, 11) is -0.393. The van der Waals surface area contributed by atoms with Gasteiger partial charge in [0.2, 0.25) is 5.91 Å². The predicted octanol–water partition coefficient (Wildman–Crippen LogP) is 2.88. The Labute approximate surface area is 206 Å². The number of thiazole rings is 1. The number of fused-ring (bicyclic) bond motifs is 1. The summed E-state index contributed by atoms with van der Waals surface area (Å²) in [6, 6.07) is 6.41. The summed E-state index contributed by atoms with van der Waals surface area (Å²) in [6.07, 6.45) is 1.25. The smallest absolute Gasteiger partial charge is 0.253 e. The molecule has 0 bridgehead atoms. The number of piperazine rings is 1. The average Bonchev–Trinajstić information content (AvgIpc) is 3.63. The van der Waals surface area contributed by atoms with E-state index in [0.717, 1.165) is 21.1 Å². The van der Waals surface area contributed by atoms with Crippen LogP contribution >= 0.6 is 22.7 Å². The molecule has 2 aromatic heterocycles. The molecule has 0 aliphatic carbocycles. The number of rotatable bonds is 6. The Hall–Kier alpha value is -2.41. The van der Waals surface area contributed by atoms with E-state index in [1.165, 1.54) is 15.6 Å². The second kappa shape index (κ2) is 9.33. The van der Waals surface area contributed by atoms with Crippen molar-refractivity contribution in [2.45, 2.75) is 23.1 Å². The average molecular weight is 523 g/mol. The van der Waals surface area contributed by atoms with Crippen molar-refractivity contribution in [1.29, 1.82) is 0 Å². The van der Waals surface area contributed by atoms with Crippen molar-refractivity contribution in [3.05, 3.63) is 29.6 Å². The largest absolute Gasteiger partial charge is 0.495 e. The van der Waals surface area contributed by atoms with E-state index in [4.69, 9.17) is 14.5 Å². The van der Waals surface area contributed by atoms with Gasteiger partial charge in [0.1, 0.15) is 32.0 Å². The first kappa shape index (κ1) is 23.3. The van der Waals surface area contributed by atoms with Crippen molar-refractivity contribution in [1.82, 2.24) is 14.2 Å². The lowest BCUT2D eigenvalue weighted by Crippen LogP contribution is -2.54. The lowest BCUT2D eigenvalue weighted by molar-refractivity contribution is -0.134. The normalized spacial score (nSPS) is 19.6. The van der Waals surface area contributed by atoms with Gasteiger partial charge >= 0.3 is 0 Å². The summed E-state index contributed by atoms with van der Waals surface area (Å²) < 4.78 is 39.7. The molecule has 182 valence electrons. The molecule has 1 aromatic carbocycles. The van der Waals surface area contributed by atoms with E-state index in [9.17, 15) is 13.2 Å². The van der Waals surface area contributed by atoms with Gasteiger partial charge in [0.05, 0.1) is 14.2 Å². The summed E-state index contributed by atoms with van der Waals surface area (Å²) in [5, 5.41) is 2.60. The molecule has 12 heteroatoms. The molecular formula is C22H26N4O5S3. The van der Waals surface area contributed by atoms with Crippen LogP contribution in [0.2, 0.25) is 0 Å². The number of nitrogens with zero attached hydrogens (tertiary/aromatic N) is 4. The third kappa shape index (κ3) is 4.02. The lowest BCUT2D eigenvalue weighted by atomic mass is 10.2. The van der Waals surface area contributed by atoms with Crippen LogP contribution in [0.5, 0.6) is 11.5 Å². The van der Waals surface area contributed by atoms with Gasteiger partial charge in [-0.3, -0.25) is 4.79 Å². The number of methoxy groups -OCH3 is 2. The second-order valence-electron chi connectivity index (χ2n) is 8.16. The zero-order valence-electron chi connectivity index (χ0n) is 19.0. The SMILES string of the molecule is COc1ccc(OC)c2sc(N3CCN(C(=O)C4CCCN4S(=O)(=O)c4cccs4)CC3)nc12. The van der Waals surface area contributed by atoms with Gasteiger partial charge in [0.15, 0.2) is 5.13 Å². The van der Waals surface area contributed by atoms with Crippen LogP contribution in [0.15, 0.2) is 33.9 Å². The summed E-state index contributed by atoms with van der Waals surface area (Å²) in [5.74, 6) is 1.34. The van der Waals surface area contributed by atoms with E-state index < -0.39 is 16.1 Å². The van der Waals surface area contributed by atoms with Gasteiger partial charge in [0, 0.05) is 32.7 Å². The number of benzene rings is 1. The molecule has 2 aliphatic rings. The van der Waals surface area contributed by atoms with Gasteiger partial charge in [-0.05, 0) is 36.4 Å². The molecule has 9 nitrogen and oxygen atoms in total. The number of hydrogen-bond acceptors (Lipinski definition) is 9. The third-order valence-corrected chi connectivity index (χ3v) is 10.7. The number of carbonyl (C=O) groups excluding carboxylic acids is 1. The highest BCUT2D eigenvalue weighted by atomic mass is 32.2. The summed E-state index contributed by atoms with van der Waals surface area (Å²) >= 11 is 2.73. The maximum atomic E-state index is 13.3. The standard InChI is InChI=1S/C22H26N4O5S3/c1-30-16-7-8-17(31-2)20-19(16)23-22(33-20)25-12-10-24(11-13-25)21(27)15-5-3-9-26(15)34(28,29)18-6-4-14-32-18/h4,6-8,14-15H,3,5,9-13H2,1-2H3. The molecule has 4 heterocycles. The molecule has 0 radical (unpaired) electrons. The predicted molar refractivity (Wildman–Crippen MR) is 133 cm³/mol. The van der Waals surface area contributed by atoms with E-state index in [-0.39, 0.29) is 5.91 Å². The van der Waals surface area contributed by atoms with Gasteiger partial charge in [0.25, 0.3) is 10.0 Å².